The van der Waals surface area contributed by atoms with Gasteiger partial charge in [0.05, 0.1) is 11.5 Å². The minimum Gasteiger partial charge on any atom is -0.493 e. The Kier molecular flexibility index (Phi) is 8.09. The zero-order valence-electron chi connectivity index (χ0n) is 20.6. The summed E-state index contributed by atoms with van der Waals surface area (Å²) in [6.45, 7) is 6.53. The molecule has 8 heteroatoms. The molecule has 2 heterocycles. The normalized spacial score (nSPS) is 18.9. The lowest BCUT2D eigenvalue weighted by atomic mass is 9.76. The number of rotatable bonds is 7. The number of amides is 1. The average Bonchev–Trinajstić information content (AvgIpc) is 2.86. The molecule has 1 amide bonds. The molecule has 0 atom stereocenters. The number of benzene rings is 2. The number of halogens is 1. The van der Waals surface area contributed by atoms with Gasteiger partial charge in [-0.3, -0.25) is 4.79 Å². The number of likely N-dealkylation sites (tertiary alicyclic amines) is 1. The molecule has 2 aromatic rings. The number of piperidine rings is 2. The molecule has 6 nitrogen and oxygen atoms in total. The fourth-order valence-electron chi connectivity index (χ4n) is 5.02. The van der Waals surface area contributed by atoms with Crippen LogP contribution >= 0.6 is 11.6 Å². The molecule has 0 aromatic heterocycles. The van der Waals surface area contributed by atoms with E-state index >= 15 is 0 Å². The first kappa shape index (κ1) is 26.0. The van der Waals surface area contributed by atoms with Gasteiger partial charge in [0.1, 0.15) is 5.75 Å². The van der Waals surface area contributed by atoms with Gasteiger partial charge >= 0.3 is 0 Å². The predicted molar refractivity (Wildman–Crippen MR) is 138 cm³/mol. The molecule has 0 radical (unpaired) electrons. The molecule has 0 spiro atoms. The summed E-state index contributed by atoms with van der Waals surface area (Å²) in [4.78, 5) is 15.5. The van der Waals surface area contributed by atoms with E-state index in [2.05, 4.69) is 0 Å². The van der Waals surface area contributed by atoms with E-state index in [-0.39, 0.29) is 5.91 Å². The van der Waals surface area contributed by atoms with Crippen LogP contribution in [0.1, 0.15) is 49.7 Å². The van der Waals surface area contributed by atoms with E-state index in [0.717, 1.165) is 37.1 Å². The van der Waals surface area contributed by atoms with Gasteiger partial charge in [-0.25, -0.2) is 8.42 Å². The molecule has 2 aliphatic rings. The first-order chi connectivity index (χ1) is 16.7. The van der Waals surface area contributed by atoms with E-state index in [0.29, 0.717) is 54.6 Å². The highest BCUT2D eigenvalue weighted by atomic mass is 35.5. The smallest absolute Gasteiger partial charge is 0.243 e. The second kappa shape index (κ2) is 10.9. The van der Waals surface area contributed by atoms with Crippen molar-refractivity contribution in [2.24, 2.45) is 5.41 Å². The van der Waals surface area contributed by atoms with E-state index in [9.17, 15) is 13.2 Å². The molecule has 190 valence electrons. The van der Waals surface area contributed by atoms with Crippen LogP contribution in [0.4, 0.5) is 0 Å². The molecular formula is C27H35ClN2O4S. The van der Waals surface area contributed by atoms with Crippen LogP contribution in [0.15, 0.2) is 47.4 Å². The first-order valence-electron chi connectivity index (χ1n) is 12.4. The molecule has 0 aliphatic carbocycles. The fourth-order valence-corrected chi connectivity index (χ4v) is 6.68. The Labute approximate surface area is 214 Å². The van der Waals surface area contributed by atoms with Gasteiger partial charge in [-0.05, 0) is 87.4 Å². The molecule has 0 bridgehead atoms. The maximum absolute atomic E-state index is 13.3. The fraction of sp³-hybridized carbons (Fsp3) is 0.519. The number of carbonyl (C=O) groups is 1. The number of nitrogens with zero attached hydrogens (tertiary/aromatic N) is 2. The maximum Gasteiger partial charge on any atom is 0.243 e. The predicted octanol–water partition coefficient (Wildman–Crippen LogP) is 5.21. The third-order valence-electron chi connectivity index (χ3n) is 7.32. The highest BCUT2D eigenvalue weighted by Gasteiger charge is 2.41. The van der Waals surface area contributed by atoms with Crippen molar-refractivity contribution in [2.75, 3.05) is 32.8 Å². The highest BCUT2D eigenvalue weighted by Crippen LogP contribution is 2.38. The number of carbonyl (C=O) groups excluding carboxylic acids is 1. The molecule has 2 aromatic carbocycles. The molecule has 2 fully saturated rings. The summed E-state index contributed by atoms with van der Waals surface area (Å²) in [7, 11) is -3.58. The number of hydrogen-bond donors (Lipinski definition) is 0. The Hall–Kier alpha value is -2.09. The number of hydrogen-bond acceptors (Lipinski definition) is 4. The molecule has 4 rings (SSSR count). The van der Waals surface area contributed by atoms with Crippen LogP contribution in [0.5, 0.6) is 5.75 Å². The molecule has 2 aliphatic heterocycles. The van der Waals surface area contributed by atoms with Gasteiger partial charge in [0.25, 0.3) is 0 Å². The SMILES string of the molecule is Cc1cccc(S(=O)(=O)N2CCC(COc3ccc(Cl)c(C)c3)(CC(=O)N3CCCCC3)CC2)c1. The largest absolute Gasteiger partial charge is 0.493 e. The Balaban J connectivity index is 1.50. The van der Waals surface area contributed by atoms with Crippen molar-refractivity contribution in [1.82, 2.24) is 9.21 Å². The Morgan fingerprint density at radius 3 is 2.37 bits per heavy atom. The van der Waals surface area contributed by atoms with Gasteiger partial charge in [-0.1, -0.05) is 23.7 Å². The topological polar surface area (TPSA) is 66.9 Å². The number of sulfonamides is 1. The Bertz CT molecular complexity index is 1150. The number of ether oxygens (including phenoxy) is 1. The van der Waals surface area contributed by atoms with Crippen LogP contribution < -0.4 is 4.74 Å². The van der Waals surface area contributed by atoms with Crippen LogP contribution in [-0.4, -0.2) is 56.3 Å². The summed E-state index contributed by atoms with van der Waals surface area (Å²) in [6, 6.07) is 12.6. The highest BCUT2D eigenvalue weighted by molar-refractivity contribution is 7.89. The van der Waals surface area contributed by atoms with Gasteiger partial charge in [0, 0.05) is 43.0 Å². The summed E-state index contributed by atoms with van der Waals surface area (Å²) in [5, 5.41) is 0.682. The van der Waals surface area contributed by atoms with Crippen LogP contribution in [-0.2, 0) is 14.8 Å². The molecular weight excluding hydrogens is 484 g/mol. The van der Waals surface area contributed by atoms with Gasteiger partial charge in [-0.15, -0.1) is 0 Å². The summed E-state index contributed by atoms with van der Waals surface area (Å²) in [5.41, 5.74) is 1.43. The van der Waals surface area contributed by atoms with Crippen molar-refractivity contribution < 1.29 is 17.9 Å². The van der Waals surface area contributed by atoms with Crippen molar-refractivity contribution in [3.05, 3.63) is 58.6 Å². The maximum atomic E-state index is 13.3. The van der Waals surface area contributed by atoms with E-state index in [4.69, 9.17) is 16.3 Å². The molecule has 0 saturated carbocycles. The summed E-state index contributed by atoms with van der Waals surface area (Å²) in [5.74, 6) is 0.863. The molecule has 2 saturated heterocycles. The lowest BCUT2D eigenvalue weighted by Gasteiger charge is -2.42. The van der Waals surface area contributed by atoms with E-state index in [1.165, 1.54) is 6.42 Å². The first-order valence-corrected chi connectivity index (χ1v) is 14.2. The van der Waals surface area contributed by atoms with E-state index < -0.39 is 15.4 Å². The second-order valence-electron chi connectivity index (χ2n) is 10.0. The molecule has 35 heavy (non-hydrogen) atoms. The quantitative estimate of drug-likeness (QED) is 0.504. The van der Waals surface area contributed by atoms with Crippen molar-refractivity contribution in [3.63, 3.8) is 0 Å². The van der Waals surface area contributed by atoms with Crippen LogP contribution in [0.25, 0.3) is 0 Å². The molecule has 0 N–H and O–H groups in total. The standard InChI is InChI=1S/C27H35ClN2O4S/c1-21-7-6-8-24(17-21)35(32,33)30-15-11-27(12-16-30,19-26(31)29-13-4-3-5-14-29)20-34-23-9-10-25(28)22(2)18-23/h6-10,17-18H,3-5,11-16,19-20H2,1-2H3. The van der Waals surface area contributed by atoms with Crippen molar-refractivity contribution in [2.45, 2.75) is 57.3 Å². The van der Waals surface area contributed by atoms with Crippen LogP contribution in [0.3, 0.4) is 0 Å². The third-order valence-corrected chi connectivity index (χ3v) is 9.64. The molecule has 0 unspecified atom stereocenters. The lowest BCUT2D eigenvalue weighted by Crippen LogP contribution is -2.48. The lowest BCUT2D eigenvalue weighted by molar-refractivity contribution is -0.136. The zero-order valence-corrected chi connectivity index (χ0v) is 22.2. The van der Waals surface area contributed by atoms with Crippen LogP contribution in [0.2, 0.25) is 5.02 Å². The Morgan fingerprint density at radius 2 is 1.71 bits per heavy atom. The summed E-state index contributed by atoms with van der Waals surface area (Å²) >= 11 is 6.16. The minimum atomic E-state index is -3.58. The van der Waals surface area contributed by atoms with Crippen molar-refractivity contribution in [1.29, 1.82) is 0 Å². The zero-order chi connectivity index (χ0) is 25.1. The van der Waals surface area contributed by atoms with Gasteiger partial charge < -0.3 is 9.64 Å². The summed E-state index contributed by atoms with van der Waals surface area (Å²) in [6.07, 6.45) is 4.77. The Morgan fingerprint density at radius 1 is 1.00 bits per heavy atom. The van der Waals surface area contributed by atoms with E-state index in [1.54, 1.807) is 22.5 Å². The summed E-state index contributed by atoms with van der Waals surface area (Å²) < 4.78 is 34.3. The number of aryl methyl sites for hydroxylation is 2. The van der Waals surface area contributed by atoms with Gasteiger partial charge in [0.15, 0.2) is 0 Å². The average molecular weight is 519 g/mol. The second-order valence-corrected chi connectivity index (χ2v) is 12.4. The van der Waals surface area contributed by atoms with Gasteiger partial charge in [0.2, 0.25) is 15.9 Å². The third kappa shape index (κ3) is 6.19. The van der Waals surface area contributed by atoms with Crippen LogP contribution in [0, 0.1) is 19.3 Å². The monoisotopic (exact) mass is 518 g/mol. The van der Waals surface area contributed by atoms with Crippen molar-refractivity contribution >= 4 is 27.5 Å². The van der Waals surface area contributed by atoms with E-state index in [1.807, 2.05) is 43.0 Å². The van der Waals surface area contributed by atoms with Crippen molar-refractivity contribution in [3.8, 4) is 5.75 Å². The minimum absolute atomic E-state index is 0.149. The van der Waals surface area contributed by atoms with Gasteiger partial charge in [-0.2, -0.15) is 4.31 Å².